The number of piperazine rings is 1. The molecule has 2 heterocycles. The monoisotopic (exact) mass is 346 g/mol. The molecular formula is C16H31ClN4O2. The summed E-state index contributed by atoms with van der Waals surface area (Å²) in [4.78, 5) is 30.8. The summed E-state index contributed by atoms with van der Waals surface area (Å²) < 4.78 is 0. The Hall–Kier alpha value is -1.01. The molecule has 23 heavy (non-hydrogen) atoms. The summed E-state index contributed by atoms with van der Waals surface area (Å²) >= 11 is 0. The highest BCUT2D eigenvalue weighted by atomic mass is 35.5. The maximum atomic E-state index is 12.7. The number of halogens is 1. The van der Waals surface area contributed by atoms with Crippen LogP contribution in [0.2, 0.25) is 0 Å². The lowest BCUT2D eigenvalue weighted by molar-refractivity contribution is -0.139. The molecule has 0 unspecified atom stereocenters. The molecule has 2 rings (SSSR count). The first-order chi connectivity index (χ1) is 10.6. The van der Waals surface area contributed by atoms with Crippen molar-refractivity contribution < 1.29 is 9.59 Å². The predicted molar refractivity (Wildman–Crippen MR) is 93.9 cm³/mol. The lowest BCUT2D eigenvalue weighted by Gasteiger charge is -2.39. The minimum absolute atomic E-state index is 0. The van der Waals surface area contributed by atoms with Gasteiger partial charge in [0.25, 0.3) is 0 Å². The Morgan fingerprint density at radius 1 is 1.13 bits per heavy atom. The van der Waals surface area contributed by atoms with Crippen LogP contribution in [0.3, 0.4) is 0 Å². The summed E-state index contributed by atoms with van der Waals surface area (Å²) in [6.45, 7) is 11.6. The molecule has 2 saturated heterocycles. The summed E-state index contributed by atoms with van der Waals surface area (Å²) in [6.07, 6.45) is 1.59. The van der Waals surface area contributed by atoms with E-state index in [4.69, 9.17) is 0 Å². The number of nitrogens with one attached hydrogen (secondary N) is 1. The lowest BCUT2D eigenvalue weighted by atomic mass is 9.94. The topological polar surface area (TPSA) is 55.9 Å². The smallest absolute Gasteiger partial charge is 0.319 e. The number of carbonyl (C=O) groups excluding carboxylic acids is 2. The van der Waals surface area contributed by atoms with E-state index in [1.54, 1.807) is 0 Å². The van der Waals surface area contributed by atoms with Gasteiger partial charge in [-0.3, -0.25) is 4.79 Å². The summed E-state index contributed by atoms with van der Waals surface area (Å²) in [7, 11) is 0. The van der Waals surface area contributed by atoms with Gasteiger partial charge in [-0.1, -0.05) is 0 Å². The second kappa shape index (κ2) is 9.33. The zero-order valence-corrected chi connectivity index (χ0v) is 15.4. The normalized spacial score (nSPS) is 22.5. The van der Waals surface area contributed by atoms with Crippen molar-refractivity contribution in [3.05, 3.63) is 0 Å². The van der Waals surface area contributed by atoms with Gasteiger partial charge in [0.1, 0.15) is 0 Å². The van der Waals surface area contributed by atoms with Gasteiger partial charge >= 0.3 is 6.03 Å². The van der Waals surface area contributed by atoms with Crippen LogP contribution in [0.25, 0.3) is 0 Å². The van der Waals surface area contributed by atoms with E-state index < -0.39 is 0 Å². The first-order valence-corrected chi connectivity index (χ1v) is 8.63. The van der Waals surface area contributed by atoms with E-state index in [0.717, 1.165) is 45.6 Å². The van der Waals surface area contributed by atoms with Crippen molar-refractivity contribution in [1.82, 2.24) is 20.0 Å². The van der Waals surface area contributed by atoms with Gasteiger partial charge in [-0.2, -0.15) is 0 Å². The van der Waals surface area contributed by atoms with Crippen molar-refractivity contribution in [3.8, 4) is 0 Å². The Labute approximate surface area is 146 Å². The highest BCUT2D eigenvalue weighted by Crippen LogP contribution is 2.22. The van der Waals surface area contributed by atoms with Gasteiger partial charge in [0.15, 0.2) is 0 Å². The van der Waals surface area contributed by atoms with E-state index in [1.807, 2.05) is 28.5 Å². The molecule has 0 saturated carbocycles. The minimum atomic E-state index is 0. The molecule has 2 aliphatic heterocycles. The van der Waals surface area contributed by atoms with E-state index in [-0.39, 0.29) is 36.3 Å². The zero-order chi connectivity index (χ0) is 16.1. The van der Waals surface area contributed by atoms with Crippen LogP contribution < -0.4 is 5.32 Å². The van der Waals surface area contributed by atoms with Gasteiger partial charge in [0.05, 0.1) is 0 Å². The molecule has 0 aromatic carbocycles. The Bertz CT molecular complexity index is 396. The van der Waals surface area contributed by atoms with Crippen LogP contribution in [0.4, 0.5) is 4.79 Å². The standard InChI is InChI=1S/C16H30N4O2.ClH/c1-4-18(5-2)16(22)19-9-6-14(7-10-19)15(21)20-11-8-17-12-13(20)3;/h13-14,17H,4-12H2,1-3H3;1H/t13-;/m1./s1. The largest absolute Gasteiger partial charge is 0.337 e. The van der Waals surface area contributed by atoms with Gasteiger partial charge in [0, 0.05) is 57.8 Å². The molecule has 3 amide bonds. The predicted octanol–water partition coefficient (Wildman–Crippen LogP) is 1.40. The Balaban J connectivity index is 0.00000264. The maximum Gasteiger partial charge on any atom is 0.319 e. The first kappa shape index (κ1) is 20.0. The van der Waals surface area contributed by atoms with Crippen LogP contribution in [0.5, 0.6) is 0 Å². The number of piperidine rings is 1. The highest BCUT2D eigenvalue weighted by molar-refractivity contribution is 5.85. The summed E-state index contributed by atoms with van der Waals surface area (Å²) in [5, 5.41) is 3.32. The zero-order valence-electron chi connectivity index (χ0n) is 14.6. The summed E-state index contributed by atoms with van der Waals surface area (Å²) in [5.74, 6) is 0.366. The van der Waals surface area contributed by atoms with Crippen molar-refractivity contribution in [2.75, 3.05) is 45.8 Å². The number of likely N-dealkylation sites (tertiary alicyclic amines) is 1. The average Bonchev–Trinajstić information content (AvgIpc) is 2.56. The molecule has 0 bridgehead atoms. The van der Waals surface area contributed by atoms with Crippen LogP contribution in [0.15, 0.2) is 0 Å². The molecule has 0 aliphatic carbocycles. The van der Waals surface area contributed by atoms with Crippen molar-refractivity contribution in [1.29, 1.82) is 0 Å². The van der Waals surface area contributed by atoms with Crippen molar-refractivity contribution >= 4 is 24.3 Å². The highest BCUT2D eigenvalue weighted by Gasteiger charge is 2.33. The molecule has 0 aromatic rings. The molecule has 6 nitrogen and oxygen atoms in total. The third kappa shape index (κ3) is 4.73. The lowest BCUT2D eigenvalue weighted by Crippen LogP contribution is -2.55. The van der Waals surface area contributed by atoms with Crippen LogP contribution in [0, 0.1) is 5.92 Å². The fourth-order valence-corrected chi connectivity index (χ4v) is 3.41. The van der Waals surface area contributed by atoms with Gasteiger partial charge in [-0.15, -0.1) is 12.4 Å². The summed E-state index contributed by atoms with van der Waals surface area (Å²) in [6, 6.07) is 0.392. The van der Waals surface area contributed by atoms with E-state index >= 15 is 0 Å². The Morgan fingerprint density at radius 3 is 2.26 bits per heavy atom. The number of carbonyl (C=O) groups is 2. The number of rotatable bonds is 3. The molecule has 0 aromatic heterocycles. The fraction of sp³-hybridized carbons (Fsp3) is 0.875. The van der Waals surface area contributed by atoms with Crippen molar-refractivity contribution in [3.63, 3.8) is 0 Å². The number of hydrogen-bond donors (Lipinski definition) is 1. The van der Waals surface area contributed by atoms with Gasteiger partial charge in [0.2, 0.25) is 5.91 Å². The molecule has 134 valence electrons. The van der Waals surface area contributed by atoms with Gasteiger partial charge in [-0.25, -0.2) is 4.79 Å². The number of amides is 3. The molecule has 0 radical (unpaired) electrons. The molecule has 0 spiro atoms. The van der Waals surface area contributed by atoms with Gasteiger partial charge in [-0.05, 0) is 33.6 Å². The van der Waals surface area contributed by atoms with Crippen LogP contribution >= 0.6 is 12.4 Å². The number of hydrogen-bond acceptors (Lipinski definition) is 3. The SMILES string of the molecule is CCN(CC)C(=O)N1CCC(C(=O)N2CCNC[C@H]2C)CC1.Cl. The Morgan fingerprint density at radius 2 is 1.74 bits per heavy atom. The molecule has 1 atom stereocenters. The van der Waals surface area contributed by atoms with Crippen LogP contribution in [-0.2, 0) is 4.79 Å². The maximum absolute atomic E-state index is 12.7. The summed E-state index contributed by atoms with van der Waals surface area (Å²) in [5.41, 5.74) is 0. The second-order valence-corrected chi connectivity index (χ2v) is 6.30. The molecule has 2 fully saturated rings. The van der Waals surface area contributed by atoms with E-state index in [9.17, 15) is 9.59 Å². The van der Waals surface area contributed by atoms with Crippen molar-refractivity contribution in [2.24, 2.45) is 5.92 Å². The van der Waals surface area contributed by atoms with E-state index in [2.05, 4.69) is 12.2 Å². The van der Waals surface area contributed by atoms with Crippen LogP contribution in [-0.4, -0.2) is 78.5 Å². The third-order valence-corrected chi connectivity index (χ3v) is 4.93. The third-order valence-electron chi connectivity index (χ3n) is 4.93. The van der Waals surface area contributed by atoms with Gasteiger partial charge < -0.3 is 20.0 Å². The molecule has 7 heteroatoms. The Kier molecular flexibility index (Phi) is 8.12. The number of urea groups is 1. The molecular weight excluding hydrogens is 316 g/mol. The average molecular weight is 347 g/mol. The van der Waals surface area contributed by atoms with Crippen molar-refractivity contribution in [2.45, 2.75) is 39.7 Å². The molecule has 2 aliphatic rings. The first-order valence-electron chi connectivity index (χ1n) is 8.63. The van der Waals surface area contributed by atoms with E-state index in [0.29, 0.717) is 13.1 Å². The molecule has 1 N–H and O–H groups in total. The fourth-order valence-electron chi connectivity index (χ4n) is 3.41. The second-order valence-electron chi connectivity index (χ2n) is 6.30. The number of nitrogens with zero attached hydrogens (tertiary/aromatic N) is 3. The quantitative estimate of drug-likeness (QED) is 0.840. The minimum Gasteiger partial charge on any atom is -0.337 e. The van der Waals surface area contributed by atoms with Crippen LogP contribution in [0.1, 0.15) is 33.6 Å². The van der Waals surface area contributed by atoms with E-state index in [1.165, 1.54) is 0 Å².